The summed E-state index contributed by atoms with van der Waals surface area (Å²) < 4.78 is 4.88. The number of hydrogen-bond donors (Lipinski definition) is 2. The van der Waals surface area contributed by atoms with Gasteiger partial charge in [0.1, 0.15) is 5.75 Å². The van der Waals surface area contributed by atoms with Crippen LogP contribution in [0.2, 0.25) is 5.02 Å². The third-order valence-corrected chi connectivity index (χ3v) is 2.55. The second-order valence-corrected chi connectivity index (χ2v) is 3.89. The van der Waals surface area contributed by atoms with Crippen molar-refractivity contribution in [2.75, 3.05) is 0 Å². The topological polar surface area (TPSA) is 62.5 Å². The maximum atomic E-state index is 11.7. The smallest absolute Gasteiger partial charge is 0.251 e. The third kappa shape index (κ3) is 2.79. The van der Waals surface area contributed by atoms with Crippen molar-refractivity contribution in [1.82, 2.24) is 5.32 Å². The first-order chi connectivity index (χ1) is 8.16. The minimum Gasteiger partial charge on any atom is -0.506 e. The van der Waals surface area contributed by atoms with Crippen LogP contribution in [0.15, 0.2) is 41.2 Å². The molecule has 0 fully saturated rings. The van der Waals surface area contributed by atoms with E-state index in [9.17, 15) is 9.90 Å². The normalized spacial score (nSPS) is 10.2. The first-order valence-corrected chi connectivity index (χ1v) is 5.32. The fraction of sp³-hybridized carbons (Fsp3) is 0.0833. The fourth-order valence-electron chi connectivity index (χ4n) is 1.33. The number of nitrogens with one attached hydrogen (secondary N) is 1. The predicted molar refractivity (Wildman–Crippen MR) is 63.0 cm³/mol. The molecule has 2 N–H and O–H groups in total. The van der Waals surface area contributed by atoms with E-state index < -0.39 is 0 Å². The van der Waals surface area contributed by atoms with Gasteiger partial charge in [-0.25, -0.2) is 0 Å². The lowest BCUT2D eigenvalue weighted by Gasteiger charge is -2.04. The van der Waals surface area contributed by atoms with Crippen LogP contribution in [0.5, 0.6) is 5.75 Å². The Morgan fingerprint density at radius 3 is 2.88 bits per heavy atom. The molecule has 2 rings (SSSR count). The number of phenols is 1. The molecule has 0 spiro atoms. The van der Waals surface area contributed by atoms with E-state index in [4.69, 9.17) is 16.0 Å². The summed E-state index contributed by atoms with van der Waals surface area (Å²) in [6.07, 6.45) is 3.10. The molecule has 1 aromatic heterocycles. The monoisotopic (exact) mass is 251 g/mol. The number of rotatable bonds is 3. The van der Waals surface area contributed by atoms with Gasteiger partial charge in [-0.2, -0.15) is 0 Å². The number of aromatic hydroxyl groups is 1. The van der Waals surface area contributed by atoms with Gasteiger partial charge in [-0.05, 0) is 24.3 Å². The van der Waals surface area contributed by atoms with Gasteiger partial charge in [0.25, 0.3) is 5.91 Å². The van der Waals surface area contributed by atoms with Crippen LogP contribution in [-0.2, 0) is 6.54 Å². The van der Waals surface area contributed by atoms with E-state index in [1.54, 1.807) is 18.6 Å². The highest BCUT2D eigenvalue weighted by atomic mass is 35.5. The summed E-state index contributed by atoms with van der Waals surface area (Å²) in [7, 11) is 0. The fourth-order valence-corrected chi connectivity index (χ4v) is 1.51. The molecule has 1 amide bonds. The first kappa shape index (κ1) is 11.5. The molecule has 0 saturated carbocycles. The molecular weight excluding hydrogens is 242 g/mol. The second kappa shape index (κ2) is 4.93. The standard InChI is InChI=1S/C12H10ClNO3/c13-10-5-9(1-2-11(10)15)12(16)14-6-8-3-4-17-7-8/h1-5,7,15H,6H2,(H,14,16). The molecule has 5 heteroatoms. The average molecular weight is 252 g/mol. The molecule has 1 heterocycles. The van der Waals surface area contributed by atoms with E-state index in [1.807, 2.05) is 0 Å². The van der Waals surface area contributed by atoms with E-state index >= 15 is 0 Å². The molecule has 17 heavy (non-hydrogen) atoms. The van der Waals surface area contributed by atoms with E-state index in [-0.39, 0.29) is 16.7 Å². The highest BCUT2D eigenvalue weighted by Crippen LogP contribution is 2.23. The van der Waals surface area contributed by atoms with Crippen molar-refractivity contribution in [3.63, 3.8) is 0 Å². The van der Waals surface area contributed by atoms with Crippen molar-refractivity contribution >= 4 is 17.5 Å². The molecule has 0 bridgehead atoms. The van der Waals surface area contributed by atoms with Gasteiger partial charge >= 0.3 is 0 Å². The maximum absolute atomic E-state index is 11.7. The second-order valence-electron chi connectivity index (χ2n) is 3.48. The summed E-state index contributed by atoms with van der Waals surface area (Å²) in [5.74, 6) is -0.300. The van der Waals surface area contributed by atoms with Crippen LogP contribution >= 0.6 is 11.6 Å². The van der Waals surface area contributed by atoms with Gasteiger partial charge in [-0.15, -0.1) is 0 Å². The summed E-state index contributed by atoms with van der Waals surface area (Å²) in [5.41, 5.74) is 1.28. The van der Waals surface area contributed by atoms with Crippen LogP contribution in [0.3, 0.4) is 0 Å². The summed E-state index contributed by atoms with van der Waals surface area (Å²) in [5, 5.41) is 12.1. The van der Waals surface area contributed by atoms with Crippen LogP contribution in [-0.4, -0.2) is 11.0 Å². The lowest BCUT2D eigenvalue weighted by Crippen LogP contribution is -2.22. The van der Waals surface area contributed by atoms with Crippen molar-refractivity contribution in [3.05, 3.63) is 52.9 Å². The zero-order chi connectivity index (χ0) is 12.3. The summed E-state index contributed by atoms with van der Waals surface area (Å²) >= 11 is 5.71. The van der Waals surface area contributed by atoms with Gasteiger partial charge in [0.2, 0.25) is 0 Å². The van der Waals surface area contributed by atoms with E-state index in [2.05, 4.69) is 5.32 Å². The van der Waals surface area contributed by atoms with Gasteiger partial charge < -0.3 is 14.8 Å². The zero-order valence-electron chi connectivity index (χ0n) is 8.81. The summed E-state index contributed by atoms with van der Waals surface area (Å²) in [6, 6.07) is 6.08. The predicted octanol–water partition coefficient (Wildman–Crippen LogP) is 2.57. The molecule has 2 aromatic rings. The van der Waals surface area contributed by atoms with E-state index in [0.717, 1.165) is 5.56 Å². The van der Waals surface area contributed by atoms with Gasteiger partial charge in [-0.1, -0.05) is 11.6 Å². The number of hydrogen-bond acceptors (Lipinski definition) is 3. The number of benzene rings is 1. The molecule has 0 aliphatic carbocycles. The van der Waals surface area contributed by atoms with E-state index in [1.165, 1.54) is 18.2 Å². The molecule has 1 aromatic carbocycles. The SMILES string of the molecule is O=C(NCc1ccoc1)c1ccc(O)c(Cl)c1. The Balaban J connectivity index is 2.02. The van der Waals surface area contributed by atoms with Crippen LogP contribution in [0.25, 0.3) is 0 Å². The Bertz CT molecular complexity index is 523. The first-order valence-electron chi connectivity index (χ1n) is 4.94. The molecule has 0 saturated heterocycles. The summed E-state index contributed by atoms with van der Waals surface area (Å²) in [6.45, 7) is 0.383. The number of amides is 1. The number of halogens is 1. The molecular formula is C12H10ClNO3. The van der Waals surface area contributed by atoms with Gasteiger partial charge in [-0.3, -0.25) is 4.79 Å². The van der Waals surface area contributed by atoms with Gasteiger partial charge in [0, 0.05) is 17.7 Å². The lowest BCUT2D eigenvalue weighted by atomic mass is 10.2. The number of carbonyl (C=O) groups excluding carboxylic acids is 1. The molecule has 0 unspecified atom stereocenters. The lowest BCUT2D eigenvalue weighted by molar-refractivity contribution is 0.0951. The summed E-state index contributed by atoms with van der Waals surface area (Å²) in [4.78, 5) is 11.7. The highest BCUT2D eigenvalue weighted by molar-refractivity contribution is 6.32. The Kier molecular flexibility index (Phi) is 3.35. The highest BCUT2D eigenvalue weighted by Gasteiger charge is 2.08. The number of carbonyl (C=O) groups is 1. The van der Waals surface area contributed by atoms with Gasteiger partial charge in [0.05, 0.1) is 17.5 Å². The zero-order valence-corrected chi connectivity index (χ0v) is 9.57. The largest absolute Gasteiger partial charge is 0.506 e. The molecule has 0 radical (unpaired) electrons. The molecule has 0 aliphatic rings. The van der Waals surface area contributed by atoms with Crippen LogP contribution < -0.4 is 5.32 Å². The Morgan fingerprint density at radius 2 is 2.24 bits per heavy atom. The van der Waals surface area contributed by atoms with Crippen molar-refractivity contribution in [2.24, 2.45) is 0 Å². The molecule has 88 valence electrons. The van der Waals surface area contributed by atoms with Crippen molar-refractivity contribution in [3.8, 4) is 5.75 Å². The Hall–Kier alpha value is -1.94. The van der Waals surface area contributed by atoms with Gasteiger partial charge in [0.15, 0.2) is 0 Å². The number of furan rings is 1. The Morgan fingerprint density at radius 1 is 1.41 bits per heavy atom. The van der Waals surface area contributed by atoms with Crippen LogP contribution in [0, 0.1) is 0 Å². The minimum atomic E-state index is -0.256. The minimum absolute atomic E-state index is 0.0435. The maximum Gasteiger partial charge on any atom is 0.251 e. The quantitative estimate of drug-likeness (QED) is 0.881. The molecule has 4 nitrogen and oxygen atoms in total. The Labute approximate surface area is 103 Å². The third-order valence-electron chi connectivity index (χ3n) is 2.24. The van der Waals surface area contributed by atoms with Crippen LogP contribution in [0.4, 0.5) is 0 Å². The van der Waals surface area contributed by atoms with Crippen molar-refractivity contribution in [2.45, 2.75) is 6.54 Å². The molecule has 0 atom stereocenters. The van der Waals surface area contributed by atoms with E-state index in [0.29, 0.717) is 12.1 Å². The van der Waals surface area contributed by atoms with Crippen molar-refractivity contribution in [1.29, 1.82) is 0 Å². The van der Waals surface area contributed by atoms with Crippen LogP contribution in [0.1, 0.15) is 15.9 Å². The number of phenolic OH excluding ortho intramolecular Hbond substituents is 1. The molecule has 0 aliphatic heterocycles. The average Bonchev–Trinajstić information content (AvgIpc) is 2.82. The van der Waals surface area contributed by atoms with Crippen molar-refractivity contribution < 1.29 is 14.3 Å².